The molecule has 1 fully saturated rings. The van der Waals surface area contributed by atoms with Crippen LogP contribution in [-0.2, 0) is 10.0 Å². The van der Waals surface area contributed by atoms with Gasteiger partial charge in [0.25, 0.3) is 5.91 Å². The van der Waals surface area contributed by atoms with Gasteiger partial charge < -0.3 is 10.2 Å². The van der Waals surface area contributed by atoms with Gasteiger partial charge in [-0.25, -0.2) is 13.4 Å². The first-order valence-corrected chi connectivity index (χ1v) is 10.8. The van der Waals surface area contributed by atoms with E-state index in [0.29, 0.717) is 18.8 Å². The fraction of sp³-hybridized carbons (Fsp3) is 0.400. The molecule has 0 aliphatic carbocycles. The van der Waals surface area contributed by atoms with Crippen LogP contribution in [0.4, 0.5) is 11.4 Å². The van der Waals surface area contributed by atoms with Gasteiger partial charge in [0.05, 0.1) is 16.3 Å². The van der Waals surface area contributed by atoms with Gasteiger partial charge in [-0.1, -0.05) is 12.5 Å². The molecule has 1 aliphatic heterocycles. The summed E-state index contributed by atoms with van der Waals surface area (Å²) in [6.07, 6.45) is 2.80. The highest BCUT2D eigenvalue weighted by molar-refractivity contribution is 7.89. The van der Waals surface area contributed by atoms with Crippen LogP contribution in [0.5, 0.6) is 0 Å². The van der Waals surface area contributed by atoms with Crippen molar-refractivity contribution in [3.05, 3.63) is 47.8 Å². The van der Waals surface area contributed by atoms with Crippen molar-refractivity contribution in [2.45, 2.75) is 31.1 Å². The Labute approximate surface area is 166 Å². The van der Waals surface area contributed by atoms with Gasteiger partial charge in [-0.15, -0.1) is 0 Å². The number of pyridine rings is 1. The van der Waals surface area contributed by atoms with Crippen molar-refractivity contribution in [1.29, 1.82) is 0 Å². The molecule has 0 unspecified atom stereocenters. The number of anilines is 2. The molecule has 150 valence electrons. The Hall–Kier alpha value is -2.45. The lowest BCUT2D eigenvalue weighted by molar-refractivity contribution is 0.102. The van der Waals surface area contributed by atoms with Crippen LogP contribution in [0.3, 0.4) is 0 Å². The summed E-state index contributed by atoms with van der Waals surface area (Å²) >= 11 is 0. The third kappa shape index (κ3) is 4.34. The molecule has 1 aromatic heterocycles. The third-order valence-corrected chi connectivity index (χ3v) is 6.67. The number of aryl methyl sites for hydroxylation is 1. The lowest BCUT2D eigenvalue weighted by Crippen LogP contribution is -2.35. The summed E-state index contributed by atoms with van der Waals surface area (Å²) in [5.74, 6) is -0.376. The van der Waals surface area contributed by atoms with Crippen molar-refractivity contribution in [2.75, 3.05) is 37.4 Å². The van der Waals surface area contributed by atoms with E-state index in [2.05, 4.69) is 10.3 Å². The molecule has 8 heteroatoms. The molecule has 2 heterocycles. The van der Waals surface area contributed by atoms with Crippen LogP contribution in [0.15, 0.2) is 41.3 Å². The zero-order valence-electron chi connectivity index (χ0n) is 16.5. The van der Waals surface area contributed by atoms with Crippen molar-refractivity contribution in [3.8, 4) is 0 Å². The van der Waals surface area contributed by atoms with E-state index in [4.69, 9.17) is 0 Å². The van der Waals surface area contributed by atoms with Crippen molar-refractivity contribution in [3.63, 3.8) is 0 Å². The summed E-state index contributed by atoms with van der Waals surface area (Å²) in [5, 5.41) is 2.82. The summed E-state index contributed by atoms with van der Waals surface area (Å²) in [6.45, 7) is 2.88. The highest BCUT2D eigenvalue weighted by atomic mass is 32.2. The van der Waals surface area contributed by atoms with Crippen molar-refractivity contribution in [1.82, 2.24) is 9.29 Å². The molecule has 1 aliphatic rings. The maximum absolute atomic E-state index is 13.0. The minimum Gasteiger partial charge on any atom is -0.376 e. The molecule has 0 radical (unpaired) electrons. The summed E-state index contributed by atoms with van der Waals surface area (Å²) in [4.78, 5) is 18.9. The normalized spacial score (nSPS) is 15.2. The van der Waals surface area contributed by atoms with E-state index in [1.807, 2.05) is 32.0 Å². The molecule has 1 N–H and O–H groups in total. The van der Waals surface area contributed by atoms with E-state index in [-0.39, 0.29) is 16.5 Å². The third-order valence-electron chi connectivity index (χ3n) is 4.77. The number of carbonyl (C=O) groups is 1. The number of carbonyl (C=O) groups excluding carboxylic acids is 1. The number of piperidine rings is 1. The van der Waals surface area contributed by atoms with Crippen molar-refractivity contribution in [2.24, 2.45) is 0 Å². The molecule has 1 saturated heterocycles. The number of rotatable bonds is 5. The standard InChI is InChI=1S/C20H26N4O3S/c1-15-8-7-9-17(21-15)20(25)22-18-14-16(10-11-19(18)23(2)3)28(26,27)24-12-5-4-6-13-24/h7-11,14H,4-6,12-13H2,1-3H3,(H,22,25). The van der Waals surface area contributed by atoms with Gasteiger partial charge in [-0.3, -0.25) is 4.79 Å². The number of nitrogens with zero attached hydrogens (tertiary/aromatic N) is 3. The van der Waals surface area contributed by atoms with Crippen LogP contribution in [0.2, 0.25) is 0 Å². The quantitative estimate of drug-likeness (QED) is 0.832. The summed E-state index contributed by atoms with van der Waals surface area (Å²) in [5.41, 5.74) is 2.19. The fourth-order valence-corrected chi connectivity index (χ4v) is 4.82. The molecule has 1 amide bonds. The van der Waals surface area contributed by atoms with Crippen molar-refractivity contribution >= 4 is 27.3 Å². The summed E-state index contributed by atoms with van der Waals surface area (Å²) < 4.78 is 27.5. The number of nitrogens with one attached hydrogen (secondary N) is 1. The van der Waals surface area contributed by atoms with Crippen LogP contribution in [0, 0.1) is 6.92 Å². The van der Waals surface area contributed by atoms with Crippen molar-refractivity contribution < 1.29 is 13.2 Å². The number of amides is 1. The molecular weight excluding hydrogens is 376 g/mol. The number of sulfonamides is 1. The van der Waals surface area contributed by atoms with Gasteiger partial charge in [0.1, 0.15) is 5.69 Å². The fourth-order valence-electron chi connectivity index (χ4n) is 3.28. The predicted octanol–water partition coefficient (Wildman–Crippen LogP) is 2.88. The van der Waals surface area contributed by atoms with Crippen LogP contribution in [0.1, 0.15) is 35.4 Å². The second-order valence-electron chi connectivity index (χ2n) is 7.16. The first-order chi connectivity index (χ1) is 13.3. The van der Waals surface area contributed by atoms with E-state index < -0.39 is 10.0 Å². The Balaban J connectivity index is 1.95. The molecular formula is C20H26N4O3S. The Kier molecular flexibility index (Phi) is 6.00. The molecule has 1 aromatic carbocycles. The number of benzene rings is 1. The molecule has 0 saturated carbocycles. The molecule has 0 bridgehead atoms. The average Bonchev–Trinajstić information content (AvgIpc) is 2.68. The van der Waals surface area contributed by atoms with E-state index >= 15 is 0 Å². The number of aromatic nitrogens is 1. The largest absolute Gasteiger partial charge is 0.376 e. The maximum Gasteiger partial charge on any atom is 0.274 e. The lowest BCUT2D eigenvalue weighted by atomic mass is 10.2. The topological polar surface area (TPSA) is 82.6 Å². The minimum atomic E-state index is -3.59. The molecule has 0 spiro atoms. The Bertz CT molecular complexity index is 967. The number of hydrogen-bond donors (Lipinski definition) is 1. The highest BCUT2D eigenvalue weighted by Crippen LogP contribution is 2.30. The van der Waals surface area contributed by atoms with E-state index in [0.717, 1.165) is 30.6 Å². The zero-order valence-corrected chi connectivity index (χ0v) is 17.3. The minimum absolute atomic E-state index is 0.188. The number of hydrogen-bond acceptors (Lipinski definition) is 5. The molecule has 28 heavy (non-hydrogen) atoms. The van der Waals surface area contributed by atoms with E-state index in [1.54, 1.807) is 24.3 Å². The Morgan fingerprint density at radius 3 is 2.46 bits per heavy atom. The first kappa shape index (κ1) is 20.3. The zero-order chi connectivity index (χ0) is 20.3. The van der Waals surface area contributed by atoms with E-state index in [1.165, 1.54) is 10.4 Å². The van der Waals surface area contributed by atoms with Gasteiger partial charge in [0.15, 0.2) is 0 Å². The van der Waals surface area contributed by atoms with Gasteiger partial charge in [-0.2, -0.15) is 4.31 Å². The molecule has 7 nitrogen and oxygen atoms in total. The smallest absolute Gasteiger partial charge is 0.274 e. The van der Waals surface area contributed by atoms with Crippen LogP contribution >= 0.6 is 0 Å². The van der Waals surface area contributed by atoms with Crippen LogP contribution in [0.25, 0.3) is 0 Å². The second-order valence-corrected chi connectivity index (χ2v) is 9.09. The van der Waals surface area contributed by atoms with Gasteiger partial charge >= 0.3 is 0 Å². The van der Waals surface area contributed by atoms with E-state index in [9.17, 15) is 13.2 Å². The van der Waals surface area contributed by atoms with Gasteiger partial charge in [0, 0.05) is 32.9 Å². The molecule has 2 aromatic rings. The van der Waals surface area contributed by atoms with Gasteiger partial charge in [0.2, 0.25) is 10.0 Å². The monoisotopic (exact) mass is 402 g/mol. The second kappa shape index (κ2) is 8.28. The summed E-state index contributed by atoms with van der Waals surface area (Å²) in [6, 6.07) is 10.1. The van der Waals surface area contributed by atoms with Crippen LogP contribution < -0.4 is 10.2 Å². The Morgan fingerprint density at radius 2 is 1.82 bits per heavy atom. The van der Waals surface area contributed by atoms with Gasteiger partial charge in [-0.05, 0) is 50.1 Å². The molecule has 0 atom stereocenters. The molecule has 3 rings (SSSR count). The van der Waals surface area contributed by atoms with Crippen LogP contribution in [-0.4, -0.2) is 50.8 Å². The summed E-state index contributed by atoms with van der Waals surface area (Å²) in [7, 11) is 0.0977. The first-order valence-electron chi connectivity index (χ1n) is 9.35. The SMILES string of the molecule is Cc1cccc(C(=O)Nc2cc(S(=O)(=O)N3CCCCC3)ccc2N(C)C)n1. The highest BCUT2D eigenvalue weighted by Gasteiger charge is 2.27. The average molecular weight is 403 g/mol. The predicted molar refractivity (Wildman–Crippen MR) is 110 cm³/mol. The lowest BCUT2D eigenvalue weighted by Gasteiger charge is -2.26. The Morgan fingerprint density at radius 1 is 1.11 bits per heavy atom. The maximum atomic E-state index is 13.0.